The van der Waals surface area contributed by atoms with Crippen molar-refractivity contribution in [1.82, 2.24) is 15.5 Å². The van der Waals surface area contributed by atoms with E-state index in [1.807, 2.05) is 6.92 Å². The van der Waals surface area contributed by atoms with Crippen LogP contribution >= 0.6 is 0 Å². The molecule has 7 nitrogen and oxygen atoms in total. The van der Waals surface area contributed by atoms with E-state index < -0.39 is 0 Å². The van der Waals surface area contributed by atoms with Crippen molar-refractivity contribution in [1.29, 1.82) is 0 Å². The van der Waals surface area contributed by atoms with Crippen LogP contribution in [0.15, 0.2) is 24.3 Å². The maximum Gasteiger partial charge on any atom is 0.253 e. The van der Waals surface area contributed by atoms with Crippen molar-refractivity contribution in [3.63, 3.8) is 0 Å². The second-order valence-corrected chi connectivity index (χ2v) is 6.51. The Kier molecular flexibility index (Phi) is 7.59. The van der Waals surface area contributed by atoms with E-state index in [2.05, 4.69) is 10.6 Å². The Bertz CT molecular complexity index is 647. The van der Waals surface area contributed by atoms with Gasteiger partial charge in [-0.3, -0.25) is 14.4 Å². The number of nitrogens with one attached hydrogen (secondary N) is 2. The third kappa shape index (κ3) is 5.29. The van der Waals surface area contributed by atoms with Crippen molar-refractivity contribution < 1.29 is 14.4 Å². The van der Waals surface area contributed by atoms with Gasteiger partial charge in [0.05, 0.1) is 5.92 Å². The summed E-state index contributed by atoms with van der Waals surface area (Å²) in [6.07, 6.45) is 2.40. The van der Waals surface area contributed by atoms with E-state index in [4.69, 9.17) is 5.73 Å². The van der Waals surface area contributed by atoms with Gasteiger partial charge in [-0.25, -0.2) is 0 Å². The van der Waals surface area contributed by atoms with Crippen LogP contribution in [-0.4, -0.2) is 55.3 Å². The molecule has 3 amide bonds. The van der Waals surface area contributed by atoms with Crippen LogP contribution in [0.3, 0.4) is 0 Å². The summed E-state index contributed by atoms with van der Waals surface area (Å²) in [6, 6.07) is 6.73. The average molecular weight is 360 g/mol. The van der Waals surface area contributed by atoms with E-state index in [-0.39, 0.29) is 23.6 Å². The van der Waals surface area contributed by atoms with Crippen molar-refractivity contribution in [3.8, 4) is 0 Å². The smallest absolute Gasteiger partial charge is 0.253 e. The van der Waals surface area contributed by atoms with Gasteiger partial charge in [0, 0.05) is 43.9 Å². The fraction of sp³-hybridized carbons (Fsp3) is 0.526. The van der Waals surface area contributed by atoms with Gasteiger partial charge in [-0.15, -0.1) is 0 Å². The molecule has 1 fully saturated rings. The molecule has 142 valence electrons. The minimum Gasteiger partial charge on any atom is -0.355 e. The molecule has 0 aromatic heterocycles. The molecule has 1 aromatic rings. The lowest BCUT2D eigenvalue weighted by Crippen LogP contribution is -2.46. The number of rotatable bonds is 7. The predicted molar refractivity (Wildman–Crippen MR) is 99.8 cm³/mol. The molecule has 2 rings (SSSR count). The molecule has 1 aliphatic rings. The molecule has 0 spiro atoms. The lowest BCUT2D eigenvalue weighted by Gasteiger charge is -2.32. The first-order valence-electron chi connectivity index (χ1n) is 9.22. The van der Waals surface area contributed by atoms with Gasteiger partial charge in [0.25, 0.3) is 11.8 Å². The van der Waals surface area contributed by atoms with Crippen LogP contribution in [0.1, 0.15) is 46.9 Å². The number of hydrogen-bond acceptors (Lipinski definition) is 4. The maximum absolute atomic E-state index is 12.8. The number of likely N-dealkylation sites (tertiary alicyclic amines) is 1. The SMILES string of the molecule is CCCNC(=O)c1cccc(C(=O)N2CCCC(C(=O)NCCN)C2)c1. The zero-order chi connectivity index (χ0) is 18.9. The monoisotopic (exact) mass is 360 g/mol. The van der Waals surface area contributed by atoms with Gasteiger partial charge in [0.15, 0.2) is 0 Å². The molecule has 1 unspecified atom stereocenters. The fourth-order valence-corrected chi connectivity index (χ4v) is 3.03. The summed E-state index contributed by atoms with van der Waals surface area (Å²) in [5.74, 6) is -0.596. The van der Waals surface area contributed by atoms with Gasteiger partial charge >= 0.3 is 0 Å². The normalized spacial score (nSPS) is 16.8. The molecule has 0 radical (unpaired) electrons. The number of piperidine rings is 1. The van der Waals surface area contributed by atoms with Crippen molar-refractivity contribution >= 4 is 17.7 Å². The number of nitrogens with zero attached hydrogens (tertiary/aromatic N) is 1. The average Bonchev–Trinajstić information content (AvgIpc) is 2.69. The summed E-state index contributed by atoms with van der Waals surface area (Å²) >= 11 is 0. The topological polar surface area (TPSA) is 105 Å². The lowest BCUT2D eigenvalue weighted by atomic mass is 9.96. The first-order valence-corrected chi connectivity index (χ1v) is 9.22. The Morgan fingerprint density at radius 1 is 1.19 bits per heavy atom. The third-order valence-corrected chi connectivity index (χ3v) is 4.43. The Morgan fingerprint density at radius 2 is 1.96 bits per heavy atom. The Labute approximate surface area is 154 Å². The second-order valence-electron chi connectivity index (χ2n) is 6.51. The van der Waals surface area contributed by atoms with Gasteiger partial charge in [-0.05, 0) is 37.5 Å². The summed E-state index contributed by atoms with van der Waals surface area (Å²) in [7, 11) is 0. The number of hydrogen-bond donors (Lipinski definition) is 3. The molecule has 1 aliphatic heterocycles. The molecule has 0 bridgehead atoms. The maximum atomic E-state index is 12.8. The minimum absolute atomic E-state index is 0.0550. The molecule has 0 saturated carbocycles. The first kappa shape index (κ1) is 19.9. The third-order valence-electron chi connectivity index (χ3n) is 4.43. The minimum atomic E-state index is -0.213. The lowest BCUT2D eigenvalue weighted by molar-refractivity contribution is -0.126. The number of nitrogens with two attached hydrogens (primary N) is 1. The molecule has 1 atom stereocenters. The fourth-order valence-electron chi connectivity index (χ4n) is 3.03. The van der Waals surface area contributed by atoms with Crippen LogP contribution in [0.25, 0.3) is 0 Å². The molecule has 1 heterocycles. The summed E-state index contributed by atoms with van der Waals surface area (Å²) < 4.78 is 0. The van der Waals surface area contributed by atoms with Crippen LogP contribution in [0.4, 0.5) is 0 Å². The zero-order valence-electron chi connectivity index (χ0n) is 15.3. The van der Waals surface area contributed by atoms with E-state index in [1.54, 1.807) is 29.2 Å². The molecular weight excluding hydrogens is 332 g/mol. The highest BCUT2D eigenvalue weighted by Crippen LogP contribution is 2.19. The molecule has 1 saturated heterocycles. The van der Waals surface area contributed by atoms with Crippen molar-refractivity contribution in [3.05, 3.63) is 35.4 Å². The van der Waals surface area contributed by atoms with E-state index in [9.17, 15) is 14.4 Å². The molecule has 1 aromatic carbocycles. The van der Waals surface area contributed by atoms with Gasteiger partial charge in [0.2, 0.25) is 5.91 Å². The van der Waals surface area contributed by atoms with Gasteiger partial charge in [0.1, 0.15) is 0 Å². The highest BCUT2D eigenvalue weighted by atomic mass is 16.2. The standard InChI is InChI=1S/C19H28N4O3/c1-2-9-21-17(24)14-5-3-6-15(12-14)19(26)23-11-4-7-16(13-23)18(25)22-10-8-20/h3,5-6,12,16H,2,4,7-11,13,20H2,1H3,(H,21,24)(H,22,25). The summed E-state index contributed by atoms with van der Waals surface area (Å²) in [5, 5.41) is 5.60. The highest BCUT2D eigenvalue weighted by molar-refractivity contribution is 5.99. The quantitative estimate of drug-likeness (QED) is 0.667. The Balaban J connectivity index is 2.03. The molecular formula is C19H28N4O3. The molecule has 7 heteroatoms. The molecule has 26 heavy (non-hydrogen) atoms. The summed E-state index contributed by atoms with van der Waals surface area (Å²) in [6.45, 7) is 4.43. The predicted octanol–water partition coefficient (Wildman–Crippen LogP) is 0.754. The van der Waals surface area contributed by atoms with Crippen LogP contribution in [-0.2, 0) is 4.79 Å². The van der Waals surface area contributed by atoms with E-state index in [0.717, 1.165) is 19.3 Å². The zero-order valence-corrected chi connectivity index (χ0v) is 15.3. The van der Waals surface area contributed by atoms with Gasteiger partial charge in [-0.1, -0.05) is 13.0 Å². The second kappa shape index (κ2) is 9.91. The van der Waals surface area contributed by atoms with Crippen LogP contribution in [0.5, 0.6) is 0 Å². The van der Waals surface area contributed by atoms with E-state index in [0.29, 0.717) is 43.9 Å². The Morgan fingerprint density at radius 3 is 2.69 bits per heavy atom. The Hall–Kier alpha value is -2.41. The van der Waals surface area contributed by atoms with E-state index in [1.165, 1.54) is 0 Å². The first-order chi connectivity index (χ1) is 12.6. The van der Waals surface area contributed by atoms with Crippen LogP contribution < -0.4 is 16.4 Å². The van der Waals surface area contributed by atoms with Gasteiger partial charge < -0.3 is 21.3 Å². The molecule has 4 N–H and O–H groups in total. The summed E-state index contributed by atoms with van der Waals surface area (Å²) in [4.78, 5) is 38.8. The number of carbonyl (C=O) groups excluding carboxylic acids is 3. The highest BCUT2D eigenvalue weighted by Gasteiger charge is 2.28. The van der Waals surface area contributed by atoms with Crippen LogP contribution in [0.2, 0.25) is 0 Å². The van der Waals surface area contributed by atoms with Crippen LogP contribution in [0, 0.1) is 5.92 Å². The number of carbonyl (C=O) groups is 3. The van der Waals surface area contributed by atoms with Crippen molar-refractivity contribution in [2.75, 3.05) is 32.7 Å². The van der Waals surface area contributed by atoms with E-state index >= 15 is 0 Å². The molecule has 0 aliphatic carbocycles. The van der Waals surface area contributed by atoms with Crippen molar-refractivity contribution in [2.45, 2.75) is 26.2 Å². The van der Waals surface area contributed by atoms with Gasteiger partial charge in [-0.2, -0.15) is 0 Å². The largest absolute Gasteiger partial charge is 0.355 e. The number of amides is 3. The van der Waals surface area contributed by atoms with Crippen molar-refractivity contribution in [2.24, 2.45) is 11.7 Å². The number of benzene rings is 1. The summed E-state index contributed by atoms with van der Waals surface area (Å²) in [5.41, 5.74) is 6.36.